The zero-order valence-electron chi connectivity index (χ0n) is 11.4. The third kappa shape index (κ3) is 4.77. The second-order valence-electron chi connectivity index (χ2n) is 5.48. The molecule has 1 atom stereocenters. The van der Waals surface area contributed by atoms with Crippen LogP contribution in [-0.2, 0) is 9.53 Å². The number of ether oxygens (including phenoxy) is 1. The zero-order valence-corrected chi connectivity index (χ0v) is 11.4. The summed E-state index contributed by atoms with van der Waals surface area (Å²) in [4.78, 5) is 24.7. The Morgan fingerprint density at radius 1 is 1.44 bits per heavy atom. The quantitative estimate of drug-likeness (QED) is 0.763. The Labute approximate surface area is 108 Å². The van der Waals surface area contributed by atoms with Crippen LogP contribution in [0.15, 0.2) is 12.7 Å². The van der Waals surface area contributed by atoms with Crippen molar-refractivity contribution in [2.45, 2.75) is 45.3 Å². The summed E-state index contributed by atoms with van der Waals surface area (Å²) in [6.07, 6.45) is 2.66. The monoisotopic (exact) mass is 254 g/mol. The van der Waals surface area contributed by atoms with Crippen molar-refractivity contribution >= 4 is 12.0 Å². The van der Waals surface area contributed by atoms with Crippen molar-refractivity contribution in [3.8, 4) is 0 Å². The number of hydrogen-bond acceptors (Lipinski definition) is 3. The molecule has 1 saturated heterocycles. The predicted molar refractivity (Wildman–Crippen MR) is 69.2 cm³/mol. The molecule has 2 amide bonds. The van der Waals surface area contributed by atoms with Gasteiger partial charge in [-0.15, -0.1) is 0 Å². The van der Waals surface area contributed by atoms with Crippen LogP contribution in [0.4, 0.5) is 4.79 Å². The highest BCUT2D eigenvalue weighted by Gasteiger charge is 2.27. The highest BCUT2D eigenvalue weighted by molar-refractivity contribution is 5.87. The molecule has 0 radical (unpaired) electrons. The SMILES string of the molecule is C=CC(=O)NC1CCCN(C(=O)OC(C)(C)C)C1. The molecule has 0 spiro atoms. The second kappa shape index (κ2) is 5.89. The number of carbonyl (C=O) groups excluding carboxylic acids is 2. The standard InChI is InChI=1S/C13H22N2O3/c1-5-11(16)14-10-7-6-8-15(9-10)12(17)18-13(2,3)4/h5,10H,1,6-9H2,2-4H3,(H,14,16). The Morgan fingerprint density at radius 3 is 2.67 bits per heavy atom. The minimum atomic E-state index is -0.492. The van der Waals surface area contributed by atoms with Gasteiger partial charge in [0.25, 0.3) is 0 Å². The fourth-order valence-electron chi connectivity index (χ4n) is 1.85. The summed E-state index contributed by atoms with van der Waals surface area (Å²) in [5.74, 6) is -0.203. The van der Waals surface area contributed by atoms with Crippen molar-refractivity contribution < 1.29 is 14.3 Å². The lowest BCUT2D eigenvalue weighted by Crippen LogP contribution is -2.50. The summed E-state index contributed by atoms with van der Waals surface area (Å²) in [5, 5.41) is 2.81. The van der Waals surface area contributed by atoms with Crippen molar-refractivity contribution in [3.05, 3.63) is 12.7 Å². The third-order valence-corrected chi connectivity index (χ3v) is 2.60. The largest absolute Gasteiger partial charge is 0.444 e. The minimum Gasteiger partial charge on any atom is -0.444 e. The van der Waals surface area contributed by atoms with E-state index >= 15 is 0 Å². The van der Waals surface area contributed by atoms with Crippen molar-refractivity contribution in [1.29, 1.82) is 0 Å². The van der Waals surface area contributed by atoms with E-state index < -0.39 is 5.60 Å². The van der Waals surface area contributed by atoms with E-state index in [4.69, 9.17) is 4.74 Å². The van der Waals surface area contributed by atoms with Crippen LogP contribution in [0.2, 0.25) is 0 Å². The smallest absolute Gasteiger partial charge is 0.410 e. The summed E-state index contributed by atoms with van der Waals surface area (Å²) in [6.45, 7) is 10.1. The highest BCUT2D eigenvalue weighted by atomic mass is 16.6. The maximum absolute atomic E-state index is 11.9. The Morgan fingerprint density at radius 2 is 2.11 bits per heavy atom. The lowest BCUT2D eigenvalue weighted by molar-refractivity contribution is -0.117. The molecule has 1 N–H and O–H groups in total. The normalized spacial score (nSPS) is 20.2. The van der Waals surface area contributed by atoms with Crippen LogP contribution in [0, 0.1) is 0 Å². The molecule has 1 aliphatic heterocycles. The molecule has 18 heavy (non-hydrogen) atoms. The third-order valence-electron chi connectivity index (χ3n) is 2.60. The lowest BCUT2D eigenvalue weighted by atomic mass is 10.1. The summed E-state index contributed by atoms with van der Waals surface area (Å²) in [5.41, 5.74) is -0.492. The van der Waals surface area contributed by atoms with Gasteiger partial charge in [-0.1, -0.05) is 6.58 Å². The summed E-state index contributed by atoms with van der Waals surface area (Å²) in [7, 11) is 0. The van der Waals surface area contributed by atoms with E-state index in [9.17, 15) is 9.59 Å². The van der Waals surface area contributed by atoms with Crippen molar-refractivity contribution in [2.75, 3.05) is 13.1 Å². The van der Waals surface area contributed by atoms with Crippen LogP contribution in [0.5, 0.6) is 0 Å². The predicted octanol–water partition coefficient (Wildman–Crippen LogP) is 1.69. The average molecular weight is 254 g/mol. The highest BCUT2D eigenvalue weighted by Crippen LogP contribution is 2.15. The number of likely N-dealkylation sites (tertiary alicyclic amines) is 1. The second-order valence-corrected chi connectivity index (χ2v) is 5.48. The Balaban J connectivity index is 2.50. The van der Waals surface area contributed by atoms with Gasteiger partial charge in [0.15, 0.2) is 0 Å². The van der Waals surface area contributed by atoms with Gasteiger partial charge in [-0.2, -0.15) is 0 Å². The van der Waals surface area contributed by atoms with Gasteiger partial charge in [0.05, 0.1) is 0 Å². The maximum Gasteiger partial charge on any atom is 0.410 e. The van der Waals surface area contributed by atoms with Crippen LogP contribution in [0.1, 0.15) is 33.6 Å². The number of carbonyl (C=O) groups is 2. The molecule has 0 aromatic heterocycles. The molecule has 0 bridgehead atoms. The molecular formula is C13H22N2O3. The molecule has 1 fully saturated rings. The van der Waals surface area contributed by atoms with E-state index in [0.29, 0.717) is 13.1 Å². The van der Waals surface area contributed by atoms with E-state index in [-0.39, 0.29) is 18.0 Å². The fourth-order valence-corrected chi connectivity index (χ4v) is 1.85. The Kier molecular flexibility index (Phi) is 4.76. The van der Waals surface area contributed by atoms with Gasteiger partial charge < -0.3 is 15.0 Å². The average Bonchev–Trinajstić information content (AvgIpc) is 2.27. The molecule has 5 heteroatoms. The first kappa shape index (κ1) is 14.5. The molecule has 0 aliphatic carbocycles. The molecule has 102 valence electrons. The van der Waals surface area contributed by atoms with Gasteiger partial charge in [-0.25, -0.2) is 4.79 Å². The maximum atomic E-state index is 11.9. The van der Waals surface area contributed by atoms with Crippen LogP contribution in [0.3, 0.4) is 0 Å². The zero-order chi connectivity index (χ0) is 13.8. The molecule has 1 unspecified atom stereocenters. The number of nitrogens with one attached hydrogen (secondary N) is 1. The number of nitrogens with zero attached hydrogens (tertiary/aromatic N) is 1. The van der Waals surface area contributed by atoms with E-state index in [2.05, 4.69) is 11.9 Å². The topological polar surface area (TPSA) is 58.6 Å². The van der Waals surface area contributed by atoms with Gasteiger partial charge >= 0.3 is 6.09 Å². The van der Waals surface area contributed by atoms with Crippen LogP contribution >= 0.6 is 0 Å². The van der Waals surface area contributed by atoms with Gasteiger partial charge in [0.1, 0.15) is 5.60 Å². The van der Waals surface area contributed by atoms with Crippen molar-refractivity contribution in [3.63, 3.8) is 0 Å². The molecule has 0 aromatic carbocycles. The van der Waals surface area contributed by atoms with E-state index in [1.807, 2.05) is 20.8 Å². The van der Waals surface area contributed by atoms with Crippen molar-refractivity contribution in [2.24, 2.45) is 0 Å². The molecule has 1 rings (SSSR count). The first-order valence-electron chi connectivity index (χ1n) is 6.22. The van der Waals surface area contributed by atoms with E-state index in [1.54, 1.807) is 4.90 Å². The number of rotatable bonds is 2. The van der Waals surface area contributed by atoms with Crippen LogP contribution < -0.4 is 5.32 Å². The summed E-state index contributed by atoms with van der Waals surface area (Å²) in [6, 6.07) is -0.0169. The number of piperidine rings is 1. The minimum absolute atomic E-state index is 0.0169. The molecule has 1 heterocycles. The molecule has 0 saturated carbocycles. The molecular weight excluding hydrogens is 232 g/mol. The van der Waals surface area contributed by atoms with Crippen LogP contribution in [0.25, 0.3) is 0 Å². The molecule has 5 nitrogen and oxygen atoms in total. The van der Waals surface area contributed by atoms with E-state index in [1.165, 1.54) is 6.08 Å². The van der Waals surface area contributed by atoms with Gasteiger partial charge in [0.2, 0.25) is 5.91 Å². The Bertz CT molecular complexity index is 334. The van der Waals surface area contributed by atoms with Crippen LogP contribution in [-0.4, -0.2) is 41.6 Å². The van der Waals surface area contributed by atoms with Gasteiger partial charge in [-0.05, 0) is 39.7 Å². The first-order valence-corrected chi connectivity index (χ1v) is 6.22. The number of amides is 2. The Hall–Kier alpha value is -1.52. The van der Waals surface area contributed by atoms with Gasteiger partial charge in [-0.3, -0.25) is 4.79 Å². The molecule has 1 aliphatic rings. The fraction of sp³-hybridized carbons (Fsp3) is 0.692. The van der Waals surface area contributed by atoms with Crippen molar-refractivity contribution in [1.82, 2.24) is 10.2 Å². The lowest BCUT2D eigenvalue weighted by Gasteiger charge is -2.34. The number of hydrogen-bond donors (Lipinski definition) is 1. The summed E-state index contributed by atoms with van der Waals surface area (Å²) >= 11 is 0. The summed E-state index contributed by atoms with van der Waals surface area (Å²) < 4.78 is 5.31. The first-order chi connectivity index (χ1) is 8.31. The van der Waals surface area contributed by atoms with E-state index in [0.717, 1.165) is 12.8 Å². The molecule has 0 aromatic rings. The van der Waals surface area contributed by atoms with Gasteiger partial charge in [0, 0.05) is 19.1 Å².